The maximum Gasteiger partial charge on any atom is 0.416 e. The van der Waals surface area contributed by atoms with Crippen molar-refractivity contribution in [3.05, 3.63) is 35.4 Å². The molecule has 0 aliphatic heterocycles. The van der Waals surface area contributed by atoms with Crippen LogP contribution in [0.2, 0.25) is 0 Å². The van der Waals surface area contributed by atoms with E-state index in [-0.39, 0.29) is 5.41 Å². The summed E-state index contributed by atoms with van der Waals surface area (Å²) in [5.74, 6) is 0. The van der Waals surface area contributed by atoms with Crippen molar-refractivity contribution in [2.75, 3.05) is 6.54 Å². The van der Waals surface area contributed by atoms with E-state index >= 15 is 0 Å². The summed E-state index contributed by atoms with van der Waals surface area (Å²) in [6, 6.07) is 5.44. The molecule has 0 amide bonds. The third-order valence-electron chi connectivity index (χ3n) is 3.71. The summed E-state index contributed by atoms with van der Waals surface area (Å²) >= 11 is 0. The van der Waals surface area contributed by atoms with Gasteiger partial charge in [0.15, 0.2) is 0 Å². The molecular formula is C13H16F3N. The molecule has 1 aromatic carbocycles. The van der Waals surface area contributed by atoms with Crippen LogP contribution in [0.5, 0.6) is 0 Å². The molecule has 1 aliphatic carbocycles. The third-order valence-corrected chi connectivity index (χ3v) is 3.71. The molecule has 2 N–H and O–H groups in total. The lowest BCUT2D eigenvalue weighted by Crippen LogP contribution is -2.39. The van der Waals surface area contributed by atoms with Crippen LogP contribution in [0.15, 0.2) is 24.3 Å². The molecule has 0 unspecified atom stereocenters. The zero-order chi connectivity index (χ0) is 12.5. The molecular weight excluding hydrogens is 227 g/mol. The fourth-order valence-electron chi connectivity index (χ4n) is 2.37. The molecule has 1 aromatic rings. The maximum atomic E-state index is 12.4. The molecule has 1 nitrogen and oxygen atoms in total. The molecule has 0 heterocycles. The molecule has 0 bridgehead atoms. The summed E-state index contributed by atoms with van der Waals surface area (Å²) in [7, 11) is 0. The van der Waals surface area contributed by atoms with E-state index in [0.29, 0.717) is 6.54 Å². The van der Waals surface area contributed by atoms with Crippen molar-refractivity contribution in [2.24, 2.45) is 11.1 Å². The highest BCUT2D eigenvalue weighted by atomic mass is 19.4. The van der Waals surface area contributed by atoms with Gasteiger partial charge in [-0.05, 0) is 48.9 Å². The first-order valence-corrected chi connectivity index (χ1v) is 5.81. The average Bonchev–Trinajstić information content (AvgIpc) is 2.23. The molecule has 1 aliphatic rings. The molecule has 0 radical (unpaired) electrons. The summed E-state index contributed by atoms with van der Waals surface area (Å²) in [5, 5.41) is 0. The fourth-order valence-corrected chi connectivity index (χ4v) is 2.37. The van der Waals surface area contributed by atoms with Gasteiger partial charge in [-0.25, -0.2) is 0 Å². The molecule has 94 valence electrons. The summed E-state index contributed by atoms with van der Waals surface area (Å²) in [5.41, 5.74) is 6.24. The smallest absolute Gasteiger partial charge is 0.330 e. The molecule has 0 atom stereocenters. The zero-order valence-corrected chi connectivity index (χ0v) is 9.56. The van der Waals surface area contributed by atoms with Crippen LogP contribution in [-0.4, -0.2) is 6.54 Å². The van der Waals surface area contributed by atoms with E-state index in [4.69, 9.17) is 5.73 Å². The van der Waals surface area contributed by atoms with Crippen molar-refractivity contribution in [1.82, 2.24) is 0 Å². The second-order valence-corrected chi connectivity index (χ2v) is 4.93. The van der Waals surface area contributed by atoms with Crippen LogP contribution < -0.4 is 5.73 Å². The highest BCUT2D eigenvalue weighted by Gasteiger charge is 2.36. The van der Waals surface area contributed by atoms with Gasteiger partial charge in [0.05, 0.1) is 5.56 Å². The Bertz CT molecular complexity index is 371. The Morgan fingerprint density at radius 2 is 1.71 bits per heavy atom. The van der Waals surface area contributed by atoms with Gasteiger partial charge >= 0.3 is 6.18 Å². The SMILES string of the molecule is NCC1(Cc2ccc(C(F)(F)F)cc2)CCC1. The summed E-state index contributed by atoms with van der Waals surface area (Å²) in [6.45, 7) is 0.619. The topological polar surface area (TPSA) is 26.0 Å². The van der Waals surface area contributed by atoms with Crippen LogP contribution in [-0.2, 0) is 12.6 Å². The lowest BCUT2D eigenvalue weighted by molar-refractivity contribution is -0.137. The summed E-state index contributed by atoms with van der Waals surface area (Å²) in [6.07, 6.45) is -0.102. The van der Waals surface area contributed by atoms with Crippen LogP contribution in [0.3, 0.4) is 0 Å². The van der Waals surface area contributed by atoms with Gasteiger partial charge in [-0.1, -0.05) is 18.6 Å². The minimum Gasteiger partial charge on any atom is -0.330 e. The second kappa shape index (κ2) is 4.33. The lowest BCUT2D eigenvalue weighted by atomic mass is 9.65. The first-order valence-electron chi connectivity index (χ1n) is 5.81. The van der Waals surface area contributed by atoms with Gasteiger partial charge in [-0.2, -0.15) is 13.2 Å². The first-order chi connectivity index (χ1) is 7.95. The molecule has 0 spiro atoms. The minimum atomic E-state index is -4.25. The second-order valence-electron chi connectivity index (χ2n) is 4.93. The van der Waals surface area contributed by atoms with Gasteiger partial charge < -0.3 is 5.73 Å². The monoisotopic (exact) mass is 243 g/mol. The summed E-state index contributed by atoms with van der Waals surface area (Å²) in [4.78, 5) is 0. The van der Waals surface area contributed by atoms with Crippen LogP contribution in [0.1, 0.15) is 30.4 Å². The first kappa shape index (κ1) is 12.4. The van der Waals surface area contributed by atoms with E-state index in [0.717, 1.165) is 37.0 Å². The van der Waals surface area contributed by atoms with Gasteiger partial charge in [0, 0.05) is 0 Å². The zero-order valence-electron chi connectivity index (χ0n) is 9.56. The molecule has 4 heteroatoms. The standard InChI is InChI=1S/C13H16F3N/c14-13(15,16)11-4-2-10(3-5-11)8-12(9-17)6-1-7-12/h2-5H,1,6-9,17H2. The van der Waals surface area contributed by atoms with Crippen LogP contribution in [0.4, 0.5) is 13.2 Å². The largest absolute Gasteiger partial charge is 0.416 e. The normalized spacial score (nSPS) is 18.8. The van der Waals surface area contributed by atoms with Crippen molar-refractivity contribution in [3.63, 3.8) is 0 Å². The number of halogens is 3. The van der Waals surface area contributed by atoms with Gasteiger partial charge in [0.1, 0.15) is 0 Å². The van der Waals surface area contributed by atoms with Gasteiger partial charge in [-0.15, -0.1) is 0 Å². The third kappa shape index (κ3) is 2.63. The highest BCUT2D eigenvalue weighted by molar-refractivity contribution is 5.25. The van der Waals surface area contributed by atoms with E-state index in [2.05, 4.69) is 0 Å². The molecule has 0 aromatic heterocycles. The number of hydrogen-bond acceptors (Lipinski definition) is 1. The Morgan fingerprint density at radius 3 is 2.06 bits per heavy atom. The predicted octanol–water partition coefficient (Wildman–Crippen LogP) is 3.38. The van der Waals surface area contributed by atoms with Gasteiger partial charge in [0.2, 0.25) is 0 Å². The minimum absolute atomic E-state index is 0.139. The quantitative estimate of drug-likeness (QED) is 0.865. The number of hydrogen-bond donors (Lipinski definition) is 1. The molecule has 1 fully saturated rings. The molecule has 2 rings (SSSR count). The molecule has 17 heavy (non-hydrogen) atoms. The highest BCUT2D eigenvalue weighted by Crippen LogP contribution is 2.42. The Hall–Kier alpha value is -1.03. The molecule has 1 saturated carbocycles. The van der Waals surface area contributed by atoms with Crippen LogP contribution >= 0.6 is 0 Å². The van der Waals surface area contributed by atoms with Crippen LogP contribution in [0, 0.1) is 5.41 Å². The van der Waals surface area contributed by atoms with E-state index < -0.39 is 11.7 Å². The van der Waals surface area contributed by atoms with E-state index in [1.807, 2.05) is 0 Å². The van der Waals surface area contributed by atoms with Crippen molar-refractivity contribution in [1.29, 1.82) is 0 Å². The average molecular weight is 243 g/mol. The maximum absolute atomic E-state index is 12.4. The number of nitrogens with two attached hydrogens (primary N) is 1. The predicted molar refractivity (Wildman–Crippen MR) is 60.5 cm³/mol. The Morgan fingerprint density at radius 1 is 1.12 bits per heavy atom. The van der Waals surface area contributed by atoms with Crippen LogP contribution in [0.25, 0.3) is 0 Å². The lowest BCUT2D eigenvalue weighted by Gasteiger charge is -2.41. The number of alkyl halides is 3. The number of rotatable bonds is 3. The van der Waals surface area contributed by atoms with Crippen molar-refractivity contribution >= 4 is 0 Å². The number of benzene rings is 1. The Balaban J connectivity index is 2.08. The molecule has 0 saturated heterocycles. The van der Waals surface area contributed by atoms with Gasteiger partial charge in [0.25, 0.3) is 0 Å². The Kier molecular flexibility index (Phi) is 3.17. The fraction of sp³-hybridized carbons (Fsp3) is 0.538. The Labute approximate surface area is 98.8 Å². The van der Waals surface area contributed by atoms with Gasteiger partial charge in [-0.3, -0.25) is 0 Å². The van der Waals surface area contributed by atoms with E-state index in [9.17, 15) is 13.2 Å². The van der Waals surface area contributed by atoms with Crippen molar-refractivity contribution < 1.29 is 13.2 Å². The van der Waals surface area contributed by atoms with Crippen molar-refractivity contribution in [3.8, 4) is 0 Å². The van der Waals surface area contributed by atoms with E-state index in [1.165, 1.54) is 6.42 Å². The van der Waals surface area contributed by atoms with Crippen molar-refractivity contribution in [2.45, 2.75) is 31.9 Å². The summed E-state index contributed by atoms with van der Waals surface area (Å²) < 4.78 is 37.1. The van der Waals surface area contributed by atoms with E-state index in [1.54, 1.807) is 12.1 Å².